The van der Waals surface area contributed by atoms with Crippen molar-refractivity contribution >= 4 is 9.84 Å². The van der Waals surface area contributed by atoms with E-state index in [9.17, 15) is 8.42 Å². The molecule has 118 valence electrons. The summed E-state index contributed by atoms with van der Waals surface area (Å²) in [5, 5.41) is 0. The van der Waals surface area contributed by atoms with Gasteiger partial charge in [-0.1, -0.05) is 6.07 Å². The highest BCUT2D eigenvalue weighted by Crippen LogP contribution is 2.32. The van der Waals surface area contributed by atoms with Crippen LogP contribution in [-0.2, 0) is 14.6 Å². The van der Waals surface area contributed by atoms with Crippen LogP contribution in [0.25, 0.3) is 0 Å². The van der Waals surface area contributed by atoms with Crippen molar-refractivity contribution in [1.82, 2.24) is 0 Å². The summed E-state index contributed by atoms with van der Waals surface area (Å²) in [7, 11) is -1.65. The molecule has 0 radical (unpaired) electrons. The van der Waals surface area contributed by atoms with Gasteiger partial charge in [0.2, 0.25) is 0 Å². The summed E-state index contributed by atoms with van der Waals surface area (Å²) in [6, 6.07) is 4.72. The molecule has 2 N–H and O–H groups in total. The molecular formula is C14H21NO5S. The van der Waals surface area contributed by atoms with Crippen LogP contribution in [0, 0.1) is 0 Å². The molecule has 0 aliphatic carbocycles. The zero-order valence-electron chi connectivity index (χ0n) is 12.1. The van der Waals surface area contributed by atoms with Gasteiger partial charge in [-0.2, -0.15) is 0 Å². The van der Waals surface area contributed by atoms with E-state index in [4.69, 9.17) is 19.9 Å². The molecule has 1 aromatic rings. The summed E-state index contributed by atoms with van der Waals surface area (Å²) < 4.78 is 39.7. The second-order valence-electron chi connectivity index (χ2n) is 4.97. The van der Waals surface area contributed by atoms with Crippen LogP contribution in [0.3, 0.4) is 0 Å². The molecular weight excluding hydrogens is 294 g/mol. The molecule has 1 heterocycles. The number of rotatable bonds is 7. The van der Waals surface area contributed by atoms with Gasteiger partial charge in [0, 0.05) is 19.8 Å². The second kappa shape index (κ2) is 7.11. The molecule has 0 bridgehead atoms. The van der Waals surface area contributed by atoms with Crippen LogP contribution >= 0.6 is 0 Å². The standard InChI is InChI=1S/C14H21NO5S/c1-18-5-2-8-21(16,17)10-12(15)11-3-4-13-14(9-11)20-7-6-19-13/h3-4,9,12H,2,5-8,10,15H2,1H3. The van der Waals surface area contributed by atoms with Crippen molar-refractivity contribution in [3.8, 4) is 11.5 Å². The van der Waals surface area contributed by atoms with E-state index in [-0.39, 0.29) is 11.5 Å². The average Bonchev–Trinajstić information content (AvgIpc) is 2.46. The van der Waals surface area contributed by atoms with Gasteiger partial charge in [0.25, 0.3) is 0 Å². The molecule has 6 nitrogen and oxygen atoms in total. The van der Waals surface area contributed by atoms with Gasteiger partial charge in [0.15, 0.2) is 21.3 Å². The van der Waals surface area contributed by atoms with E-state index in [0.29, 0.717) is 37.7 Å². The highest BCUT2D eigenvalue weighted by atomic mass is 32.2. The van der Waals surface area contributed by atoms with Crippen LogP contribution in [0.15, 0.2) is 18.2 Å². The van der Waals surface area contributed by atoms with Crippen LogP contribution < -0.4 is 15.2 Å². The third kappa shape index (κ3) is 4.59. The Labute approximate surface area is 125 Å². The van der Waals surface area contributed by atoms with Gasteiger partial charge >= 0.3 is 0 Å². The minimum absolute atomic E-state index is 0.0824. The van der Waals surface area contributed by atoms with E-state index in [1.54, 1.807) is 25.3 Å². The minimum atomic E-state index is -3.20. The fourth-order valence-corrected chi connectivity index (χ4v) is 3.63. The van der Waals surface area contributed by atoms with Gasteiger partial charge in [-0.15, -0.1) is 0 Å². The lowest BCUT2D eigenvalue weighted by Crippen LogP contribution is -2.24. The molecule has 0 fully saturated rings. The van der Waals surface area contributed by atoms with Gasteiger partial charge in [0.05, 0.1) is 11.5 Å². The Bertz CT molecular complexity index is 573. The van der Waals surface area contributed by atoms with Crippen molar-refractivity contribution in [2.24, 2.45) is 5.73 Å². The Balaban J connectivity index is 2.01. The zero-order chi connectivity index (χ0) is 15.3. The van der Waals surface area contributed by atoms with Crippen molar-refractivity contribution in [2.45, 2.75) is 12.5 Å². The third-order valence-electron chi connectivity index (χ3n) is 3.23. The van der Waals surface area contributed by atoms with Gasteiger partial charge in [-0.05, 0) is 24.1 Å². The lowest BCUT2D eigenvalue weighted by atomic mass is 10.1. The van der Waals surface area contributed by atoms with Gasteiger partial charge in [-0.3, -0.25) is 0 Å². The zero-order valence-corrected chi connectivity index (χ0v) is 12.9. The number of methoxy groups -OCH3 is 1. The van der Waals surface area contributed by atoms with Gasteiger partial charge in [-0.25, -0.2) is 8.42 Å². The summed E-state index contributed by atoms with van der Waals surface area (Å²) >= 11 is 0. The van der Waals surface area contributed by atoms with Crippen molar-refractivity contribution in [2.75, 3.05) is 38.4 Å². The molecule has 2 rings (SSSR count). The monoisotopic (exact) mass is 315 g/mol. The normalized spacial score (nSPS) is 15.7. The number of hydrogen-bond acceptors (Lipinski definition) is 6. The molecule has 0 saturated carbocycles. The maximum atomic E-state index is 12.0. The molecule has 0 saturated heterocycles. The number of nitrogens with two attached hydrogens (primary N) is 1. The van der Waals surface area contributed by atoms with Crippen molar-refractivity contribution < 1.29 is 22.6 Å². The predicted molar refractivity (Wildman–Crippen MR) is 79.5 cm³/mol. The molecule has 1 atom stereocenters. The van der Waals surface area contributed by atoms with Crippen molar-refractivity contribution in [1.29, 1.82) is 0 Å². The number of hydrogen-bond donors (Lipinski definition) is 1. The number of fused-ring (bicyclic) bond motifs is 1. The van der Waals surface area contributed by atoms with E-state index in [1.165, 1.54) is 0 Å². The number of ether oxygens (including phenoxy) is 3. The van der Waals surface area contributed by atoms with E-state index in [2.05, 4.69) is 0 Å². The van der Waals surface area contributed by atoms with E-state index in [0.717, 1.165) is 5.56 Å². The molecule has 7 heteroatoms. The first kappa shape index (κ1) is 16.1. The Morgan fingerprint density at radius 1 is 1.29 bits per heavy atom. The molecule has 0 spiro atoms. The summed E-state index contributed by atoms with van der Waals surface area (Å²) in [6.45, 7) is 1.44. The van der Waals surface area contributed by atoms with Gasteiger partial charge in [0.1, 0.15) is 13.2 Å². The smallest absolute Gasteiger partial charge is 0.161 e. The lowest BCUT2D eigenvalue weighted by Gasteiger charge is -2.20. The quantitative estimate of drug-likeness (QED) is 0.753. The first-order valence-corrected chi connectivity index (χ1v) is 8.68. The Hall–Kier alpha value is -1.31. The van der Waals surface area contributed by atoms with Crippen LogP contribution in [0.1, 0.15) is 18.0 Å². The molecule has 1 aromatic carbocycles. The van der Waals surface area contributed by atoms with E-state index < -0.39 is 15.9 Å². The Morgan fingerprint density at radius 2 is 2.00 bits per heavy atom. The van der Waals surface area contributed by atoms with Crippen LogP contribution in [-0.4, -0.2) is 46.9 Å². The largest absolute Gasteiger partial charge is 0.486 e. The number of benzene rings is 1. The Morgan fingerprint density at radius 3 is 2.71 bits per heavy atom. The topological polar surface area (TPSA) is 87.9 Å². The van der Waals surface area contributed by atoms with Crippen LogP contribution in [0.2, 0.25) is 0 Å². The third-order valence-corrected chi connectivity index (χ3v) is 5.01. The lowest BCUT2D eigenvalue weighted by molar-refractivity contribution is 0.171. The van der Waals surface area contributed by atoms with Crippen LogP contribution in [0.4, 0.5) is 0 Å². The van der Waals surface area contributed by atoms with E-state index >= 15 is 0 Å². The van der Waals surface area contributed by atoms with E-state index in [1.807, 2.05) is 0 Å². The number of sulfone groups is 1. The maximum Gasteiger partial charge on any atom is 0.161 e. The summed E-state index contributed by atoms with van der Waals surface area (Å²) in [5.74, 6) is 1.28. The minimum Gasteiger partial charge on any atom is -0.486 e. The first-order chi connectivity index (χ1) is 10.0. The van der Waals surface area contributed by atoms with Crippen molar-refractivity contribution in [3.05, 3.63) is 23.8 Å². The SMILES string of the molecule is COCCCS(=O)(=O)CC(N)c1ccc2c(c1)OCCO2. The molecule has 1 aliphatic heterocycles. The predicted octanol–water partition coefficient (Wildman–Crippen LogP) is 0.909. The molecule has 0 aromatic heterocycles. The fourth-order valence-electron chi connectivity index (χ4n) is 2.17. The summed E-state index contributed by atoms with van der Waals surface area (Å²) in [6.07, 6.45) is 0.479. The van der Waals surface area contributed by atoms with Crippen LogP contribution in [0.5, 0.6) is 11.5 Å². The first-order valence-electron chi connectivity index (χ1n) is 6.86. The molecule has 0 amide bonds. The highest BCUT2D eigenvalue weighted by Gasteiger charge is 2.20. The molecule has 21 heavy (non-hydrogen) atoms. The maximum absolute atomic E-state index is 12.0. The summed E-state index contributed by atoms with van der Waals surface area (Å²) in [4.78, 5) is 0. The van der Waals surface area contributed by atoms with Gasteiger partial charge < -0.3 is 19.9 Å². The average molecular weight is 315 g/mol. The summed E-state index contributed by atoms with van der Waals surface area (Å²) in [5.41, 5.74) is 6.74. The van der Waals surface area contributed by atoms with Crippen molar-refractivity contribution in [3.63, 3.8) is 0 Å². The molecule has 1 unspecified atom stereocenters. The Kier molecular flexibility index (Phi) is 5.44. The highest BCUT2D eigenvalue weighted by molar-refractivity contribution is 7.91. The fraction of sp³-hybridized carbons (Fsp3) is 0.571. The molecule has 1 aliphatic rings. The second-order valence-corrected chi connectivity index (χ2v) is 7.20.